The van der Waals surface area contributed by atoms with Crippen LogP contribution in [-0.4, -0.2) is 18.1 Å². The van der Waals surface area contributed by atoms with Crippen molar-refractivity contribution in [3.63, 3.8) is 0 Å². The molecule has 2 aromatic rings. The van der Waals surface area contributed by atoms with Gasteiger partial charge >= 0.3 is 6.36 Å². The minimum atomic E-state index is -4.71. The van der Waals surface area contributed by atoms with Gasteiger partial charge in [-0.05, 0) is 42.8 Å². The highest BCUT2D eigenvalue weighted by Crippen LogP contribution is 2.29. The maximum atomic E-state index is 12.1. The molecule has 1 heterocycles. The SMILES string of the molecule is NC(CCO)c1ccc(-c2ccc(OC(F)(F)F)cc2)o1. The molecule has 1 unspecified atom stereocenters. The van der Waals surface area contributed by atoms with Crippen molar-refractivity contribution < 1.29 is 27.4 Å². The molecule has 7 heteroatoms. The molecular weight excluding hydrogens is 287 g/mol. The first-order chi connectivity index (χ1) is 9.89. The van der Waals surface area contributed by atoms with E-state index in [0.29, 0.717) is 23.5 Å². The summed E-state index contributed by atoms with van der Waals surface area (Å²) >= 11 is 0. The van der Waals surface area contributed by atoms with E-state index in [1.807, 2.05) is 0 Å². The van der Waals surface area contributed by atoms with Crippen LogP contribution in [0.1, 0.15) is 18.2 Å². The Kier molecular flexibility index (Phi) is 4.54. The largest absolute Gasteiger partial charge is 0.573 e. The quantitative estimate of drug-likeness (QED) is 0.889. The smallest absolute Gasteiger partial charge is 0.459 e. The van der Waals surface area contributed by atoms with Crippen LogP contribution in [0.4, 0.5) is 13.2 Å². The molecule has 0 aliphatic heterocycles. The Labute approximate surface area is 118 Å². The van der Waals surface area contributed by atoms with Crippen LogP contribution in [-0.2, 0) is 0 Å². The van der Waals surface area contributed by atoms with Gasteiger partial charge in [0.25, 0.3) is 0 Å². The summed E-state index contributed by atoms with van der Waals surface area (Å²) in [6.45, 7) is -0.0549. The summed E-state index contributed by atoms with van der Waals surface area (Å²) in [6, 6.07) is 8.26. The highest BCUT2D eigenvalue weighted by atomic mass is 19.4. The van der Waals surface area contributed by atoms with Crippen LogP contribution in [0.5, 0.6) is 5.75 Å². The Morgan fingerprint density at radius 3 is 2.38 bits per heavy atom. The molecule has 0 fully saturated rings. The molecule has 0 aliphatic rings. The van der Waals surface area contributed by atoms with Crippen LogP contribution in [0.3, 0.4) is 0 Å². The van der Waals surface area contributed by atoms with E-state index in [-0.39, 0.29) is 12.4 Å². The third kappa shape index (κ3) is 4.24. The first kappa shape index (κ1) is 15.4. The van der Waals surface area contributed by atoms with Crippen LogP contribution in [0, 0.1) is 0 Å². The minimum absolute atomic E-state index is 0.0549. The Hall–Kier alpha value is -1.99. The zero-order chi connectivity index (χ0) is 15.5. The molecule has 2 rings (SSSR count). The van der Waals surface area contributed by atoms with E-state index in [4.69, 9.17) is 15.3 Å². The number of hydrogen-bond acceptors (Lipinski definition) is 4. The van der Waals surface area contributed by atoms with Crippen molar-refractivity contribution in [3.05, 3.63) is 42.2 Å². The lowest BCUT2D eigenvalue weighted by Crippen LogP contribution is -2.16. The van der Waals surface area contributed by atoms with Crippen molar-refractivity contribution in [1.82, 2.24) is 0 Å². The fraction of sp³-hybridized carbons (Fsp3) is 0.286. The summed E-state index contributed by atoms with van der Waals surface area (Å²) in [5.41, 5.74) is 6.40. The molecule has 0 aliphatic carbocycles. The summed E-state index contributed by atoms with van der Waals surface area (Å²) in [4.78, 5) is 0. The van der Waals surface area contributed by atoms with Crippen molar-refractivity contribution in [2.75, 3.05) is 6.61 Å². The Morgan fingerprint density at radius 1 is 1.14 bits per heavy atom. The van der Waals surface area contributed by atoms with E-state index in [1.165, 1.54) is 24.3 Å². The fourth-order valence-corrected chi connectivity index (χ4v) is 1.81. The highest BCUT2D eigenvalue weighted by molar-refractivity contribution is 5.58. The molecule has 0 saturated heterocycles. The number of alkyl halides is 3. The van der Waals surface area contributed by atoms with Gasteiger partial charge in [0, 0.05) is 12.2 Å². The Bertz CT molecular complexity index is 578. The van der Waals surface area contributed by atoms with Gasteiger partial charge < -0.3 is 20.0 Å². The van der Waals surface area contributed by atoms with E-state index in [0.717, 1.165) is 0 Å². The minimum Gasteiger partial charge on any atom is -0.459 e. The highest BCUT2D eigenvalue weighted by Gasteiger charge is 2.31. The molecule has 0 radical (unpaired) electrons. The molecule has 3 N–H and O–H groups in total. The maximum Gasteiger partial charge on any atom is 0.573 e. The van der Waals surface area contributed by atoms with Crippen molar-refractivity contribution in [1.29, 1.82) is 0 Å². The van der Waals surface area contributed by atoms with Gasteiger partial charge in [-0.15, -0.1) is 13.2 Å². The van der Waals surface area contributed by atoms with Crippen LogP contribution in [0.25, 0.3) is 11.3 Å². The zero-order valence-corrected chi connectivity index (χ0v) is 10.9. The second-order valence-electron chi connectivity index (χ2n) is 4.39. The van der Waals surface area contributed by atoms with Crippen molar-refractivity contribution in [2.45, 2.75) is 18.8 Å². The fourth-order valence-electron chi connectivity index (χ4n) is 1.81. The maximum absolute atomic E-state index is 12.1. The van der Waals surface area contributed by atoms with Crippen molar-refractivity contribution in [2.24, 2.45) is 5.73 Å². The summed E-state index contributed by atoms with van der Waals surface area (Å²) < 4.78 is 45.5. The topological polar surface area (TPSA) is 68.6 Å². The predicted octanol–water partition coefficient (Wildman–Crippen LogP) is 3.23. The first-order valence-corrected chi connectivity index (χ1v) is 6.21. The number of furan rings is 1. The summed E-state index contributed by atoms with van der Waals surface area (Å²) in [5, 5.41) is 8.82. The number of ether oxygens (including phenoxy) is 1. The van der Waals surface area contributed by atoms with E-state index >= 15 is 0 Å². The third-order valence-corrected chi connectivity index (χ3v) is 2.80. The summed E-state index contributed by atoms with van der Waals surface area (Å²) in [6.07, 6.45) is -4.35. The average molecular weight is 301 g/mol. The van der Waals surface area contributed by atoms with Gasteiger partial charge in [-0.25, -0.2) is 0 Å². The van der Waals surface area contributed by atoms with Gasteiger partial charge in [0.15, 0.2) is 0 Å². The van der Waals surface area contributed by atoms with Gasteiger partial charge in [0.05, 0.1) is 6.04 Å². The van der Waals surface area contributed by atoms with Gasteiger partial charge in [0.2, 0.25) is 0 Å². The Balaban J connectivity index is 2.12. The van der Waals surface area contributed by atoms with Crippen LogP contribution >= 0.6 is 0 Å². The van der Waals surface area contributed by atoms with E-state index < -0.39 is 12.4 Å². The molecule has 1 aromatic heterocycles. The molecule has 4 nitrogen and oxygen atoms in total. The molecule has 1 atom stereocenters. The van der Waals surface area contributed by atoms with Gasteiger partial charge in [-0.3, -0.25) is 0 Å². The molecule has 1 aromatic carbocycles. The summed E-state index contributed by atoms with van der Waals surface area (Å²) in [7, 11) is 0. The molecule has 114 valence electrons. The summed E-state index contributed by atoms with van der Waals surface area (Å²) in [5.74, 6) is 0.696. The average Bonchev–Trinajstić information content (AvgIpc) is 2.87. The lowest BCUT2D eigenvalue weighted by Gasteiger charge is -2.09. The van der Waals surface area contributed by atoms with Crippen LogP contribution in [0.15, 0.2) is 40.8 Å². The normalized spacial score (nSPS) is 13.2. The zero-order valence-electron chi connectivity index (χ0n) is 10.9. The van der Waals surface area contributed by atoms with E-state index in [2.05, 4.69) is 4.74 Å². The number of rotatable bonds is 5. The monoisotopic (exact) mass is 301 g/mol. The number of hydrogen-bond donors (Lipinski definition) is 2. The lowest BCUT2D eigenvalue weighted by atomic mass is 10.1. The number of aliphatic hydroxyl groups excluding tert-OH is 1. The van der Waals surface area contributed by atoms with E-state index in [9.17, 15) is 13.2 Å². The van der Waals surface area contributed by atoms with Gasteiger partial charge in [0.1, 0.15) is 17.3 Å². The molecule has 21 heavy (non-hydrogen) atoms. The lowest BCUT2D eigenvalue weighted by molar-refractivity contribution is -0.274. The number of halogens is 3. The first-order valence-electron chi connectivity index (χ1n) is 6.21. The van der Waals surface area contributed by atoms with Gasteiger partial charge in [-0.1, -0.05) is 0 Å². The molecule has 0 spiro atoms. The number of benzene rings is 1. The predicted molar refractivity (Wildman–Crippen MR) is 69.5 cm³/mol. The standard InChI is InChI=1S/C14H14F3NO3/c15-14(16,17)21-10-3-1-9(2-4-10)12-5-6-13(20-12)11(18)7-8-19/h1-6,11,19H,7-8,18H2. The van der Waals surface area contributed by atoms with Crippen LogP contribution < -0.4 is 10.5 Å². The second-order valence-corrected chi connectivity index (χ2v) is 4.39. The molecular formula is C14H14F3NO3. The van der Waals surface area contributed by atoms with Gasteiger partial charge in [-0.2, -0.15) is 0 Å². The molecule has 0 bridgehead atoms. The van der Waals surface area contributed by atoms with Crippen molar-refractivity contribution >= 4 is 0 Å². The number of nitrogens with two attached hydrogens (primary N) is 1. The van der Waals surface area contributed by atoms with Crippen LogP contribution in [0.2, 0.25) is 0 Å². The number of aliphatic hydroxyl groups is 1. The molecule has 0 amide bonds. The second kappa shape index (κ2) is 6.19. The van der Waals surface area contributed by atoms with Crippen molar-refractivity contribution in [3.8, 4) is 17.1 Å². The third-order valence-electron chi connectivity index (χ3n) is 2.80. The Morgan fingerprint density at radius 2 is 1.81 bits per heavy atom. The molecule has 0 saturated carbocycles. The van der Waals surface area contributed by atoms with E-state index in [1.54, 1.807) is 12.1 Å².